The molecule has 0 radical (unpaired) electrons. The fourth-order valence-corrected chi connectivity index (χ4v) is 3.69. The molecule has 0 fully saturated rings. The molecule has 0 bridgehead atoms. The Morgan fingerprint density at radius 1 is 1.13 bits per heavy atom. The number of carbonyl (C=O) groups excluding carboxylic acids is 1. The molecule has 0 spiro atoms. The lowest BCUT2D eigenvalue weighted by Crippen LogP contribution is -2.41. The highest BCUT2D eigenvalue weighted by Gasteiger charge is 2.29. The van der Waals surface area contributed by atoms with E-state index in [1.807, 2.05) is 48.5 Å². The number of azide groups is 1. The molecule has 156 valence electrons. The highest BCUT2D eigenvalue weighted by atomic mass is 16.5. The fourth-order valence-electron chi connectivity index (χ4n) is 3.69. The molecule has 0 saturated heterocycles. The number of nitrogens with one attached hydrogen (secondary N) is 1. The summed E-state index contributed by atoms with van der Waals surface area (Å²) in [4.78, 5) is 26.3. The van der Waals surface area contributed by atoms with E-state index in [0.717, 1.165) is 22.3 Å². The number of nitrogens with two attached hydrogens (primary N) is 1. The Balaban J connectivity index is 1.58. The largest absolute Gasteiger partial charge is 0.480 e. The standard InChI is InChI=1S/C21H23N5O4/c22-19(25-26-23)11-5-10-18(20(27)28)24-21(29)30-12-17-15-8-3-1-6-13(15)14-7-2-4-9-16(14)17/h1-4,6-9,17-19H,5,10-12,22H2,(H,24,29)(H,27,28). The number of ether oxygens (including phenoxy) is 1. The van der Waals surface area contributed by atoms with Gasteiger partial charge in [-0.05, 0) is 47.0 Å². The van der Waals surface area contributed by atoms with Crippen molar-refractivity contribution in [2.75, 3.05) is 6.61 Å². The minimum absolute atomic E-state index is 0.103. The van der Waals surface area contributed by atoms with Gasteiger partial charge in [-0.2, -0.15) is 0 Å². The molecule has 9 heteroatoms. The van der Waals surface area contributed by atoms with Crippen molar-refractivity contribution >= 4 is 12.1 Å². The Morgan fingerprint density at radius 3 is 2.30 bits per heavy atom. The van der Waals surface area contributed by atoms with E-state index in [2.05, 4.69) is 15.3 Å². The van der Waals surface area contributed by atoms with Gasteiger partial charge in [0.1, 0.15) is 12.6 Å². The second-order valence-electron chi connectivity index (χ2n) is 7.06. The third-order valence-electron chi connectivity index (χ3n) is 5.13. The minimum atomic E-state index is -1.17. The second kappa shape index (κ2) is 9.78. The van der Waals surface area contributed by atoms with Gasteiger partial charge in [-0.3, -0.25) is 0 Å². The molecule has 2 atom stereocenters. The number of hydrogen-bond acceptors (Lipinski definition) is 5. The van der Waals surface area contributed by atoms with Crippen LogP contribution >= 0.6 is 0 Å². The molecular formula is C21H23N5O4. The number of nitrogens with zero attached hydrogens (tertiary/aromatic N) is 3. The lowest BCUT2D eigenvalue weighted by atomic mass is 9.98. The number of fused-ring (bicyclic) bond motifs is 3. The van der Waals surface area contributed by atoms with Gasteiger partial charge in [-0.25, -0.2) is 9.59 Å². The zero-order valence-electron chi connectivity index (χ0n) is 16.3. The molecule has 2 aromatic rings. The summed E-state index contributed by atoms with van der Waals surface area (Å²) in [6, 6.07) is 14.8. The summed E-state index contributed by atoms with van der Waals surface area (Å²) in [7, 11) is 0. The van der Waals surface area contributed by atoms with Crippen LogP contribution in [0.25, 0.3) is 21.6 Å². The average molecular weight is 409 g/mol. The first-order chi connectivity index (χ1) is 14.5. The molecule has 1 amide bonds. The average Bonchev–Trinajstić information content (AvgIpc) is 3.05. The topological polar surface area (TPSA) is 150 Å². The van der Waals surface area contributed by atoms with Crippen molar-refractivity contribution in [1.29, 1.82) is 0 Å². The lowest BCUT2D eigenvalue weighted by molar-refractivity contribution is -0.139. The Kier molecular flexibility index (Phi) is 6.90. The third-order valence-corrected chi connectivity index (χ3v) is 5.13. The van der Waals surface area contributed by atoms with E-state index in [0.29, 0.717) is 12.8 Å². The first kappa shape index (κ1) is 21.2. The van der Waals surface area contributed by atoms with E-state index >= 15 is 0 Å². The molecule has 1 aliphatic rings. The molecule has 1 aliphatic carbocycles. The Labute approximate surface area is 173 Å². The molecule has 0 aliphatic heterocycles. The number of alkyl carbamates (subject to hydrolysis) is 1. The molecule has 0 aromatic heterocycles. The minimum Gasteiger partial charge on any atom is -0.480 e. The van der Waals surface area contributed by atoms with Crippen LogP contribution in [0.15, 0.2) is 53.6 Å². The zero-order valence-corrected chi connectivity index (χ0v) is 16.3. The van der Waals surface area contributed by atoms with Gasteiger partial charge in [-0.1, -0.05) is 53.6 Å². The number of aliphatic carboxylic acids is 1. The van der Waals surface area contributed by atoms with Crippen molar-refractivity contribution in [3.05, 3.63) is 70.1 Å². The van der Waals surface area contributed by atoms with E-state index < -0.39 is 24.3 Å². The van der Waals surface area contributed by atoms with Crippen LogP contribution in [0.5, 0.6) is 0 Å². The summed E-state index contributed by atoms with van der Waals surface area (Å²) in [5, 5.41) is 15.1. The fraction of sp³-hybridized carbons (Fsp3) is 0.333. The van der Waals surface area contributed by atoms with Crippen molar-refractivity contribution in [3.63, 3.8) is 0 Å². The zero-order chi connectivity index (χ0) is 21.5. The van der Waals surface area contributed by atoms with E-state index in [1.54, 1.807) is 0 Å². The number of hydrogen-bond donors (Lipinski definition) is 3. The highest BCUT2D eigenvalue weighted by Crippen LogP contribution is 2.44. The van der Waals surface area contributed by atoms with Gasteiger partial charge in [-0.15, -0.1) is 0 Å². The van der Waals surface area contributed by atoms with Gasteiger partial charge in [0.25, 0.3) is 0 Å². The normalized spacial score (nSPS) is 14.0. The molecular weight excluding hydrogens is 386 g/mol. The quantitative estimate of drug-likeness (QED) is 0.327. The number of carboxylic acid groups (broad SMARTS) is 1. The number of benzene rings is 2. The molecule has 0 saturated carbocycles. The Morgan fingerprint density at radius 2 is 1.73 bits per heavy atom. The van der Waals surface area contributed by atoms with Crippen molar-refractivity contribution in [1.82, 2.24) is 5.32 Å². The summed E-state index contributed by atoms with van der Waals surface area (Å²) >= 11 is 0. The van der Waals surface area contributed by atoms with Crippen molar-refractivity contribution < 1.29 is 19.4 Å². The van der Waals surface area contributed by atoms with Crippen LogP contribution in [0.1, 0.15) is 36.3 Å². The predicted octanol–water partition coefficient (Wildman–Crippen LogP) is 3.74. The van der Waals surface area contributed by atoms with Crippen LogP contribution in [-0.2, 0) is 9.53 Å². The summed E-state index contributed by atoms with van der Waals surface area (Å²) in [5.41, 5.74) is 18.3. The third kappa shape index (κ3) is 4.89. The Bertz CT molecular complexity index is 928. The maximum atomic E-state index is 12.3. The van der Waals surface area contributed by atoms with Gasteiger partial charge < -0.3 is 20.9 Å². The van der Waals surface area contributed by atoms with Crippen molar-refractivity contribution in [2.24, 2.45) is 10.8 Å². The summed E-state index contributed by atoms with van der Waals surface area (Å²) in [6.45, 7) is 0.105. The monoisotopic (exact) mass is 409 g/mol. The van der Waals surface area contributed by atoms with Crippen LogP contribution in [-0.4, -0.2) is 36.0 Å². The maximum absolute atomic E-state index is 12.3. The van der Waals surface area contributed by atoms with E-state index in [1.165, 1.54) is 0 Å². The van der Waals surface area contributed by atoms with E-state index in [-0.39, 0.29) is 18.9 Å². The SMILES string of the molecule is [N-]=[N+]=NC(N)CCCC(NC(=O)OCC1c2ccccc2-c2ccccc21)C(=O)O. The predicted molar refractivity (Wildman–Crippen MR) is 111 cm³/mol. The van der Waals surface area contributed by atoms with Crippen molar-refractivity contribution in [3.8, 4) is 11.1 Å². The maximum Gasteiger partial charge on any atom is 0.407 e. The van der Waals surface area contributed by atoms with Crippen LogP contribution in [0, 0.1) is 0 Å². The summed E-state index contributed by atoms with van der Waals surface area (Å²) in [6.07, 6.45) is -0.669. The van der Waals surface area contributed by atoms with Gasteiger partial charge in [0.15, 0.2) is 0 Å². The van der Waals surface area contributed by atoms with Gasteiger partial charge in [0.2, 0.25) is 0 Å². The summed E-state index contributed by atoms with van der Waals surface area (Å²) < 4.78 is 5.38. The van der Waals surface area contributed by atoms with Crippen LogP contribution in [0.2, 0.25) is 0 Å². The molecule has 2 unspecified atom stereocenters. The van der Waals surface area contributed by atoms with E-state index in [9.17, 15) is 14.7 Å². The molecule has 9 nitrogen and oxygen atoms in total. The van der Waals surface area contributed by atoms with Crippen LogP contribution < -0.4 is 11.1 Å². The molecule has 30 heavy (non-hydrogen) atoms. The molecule has 4 N–H and O–H groups in total. The second-order valence-corrected chi connectivity index (χ2v) is 7.06. The van der Waals surface area contributed by atoms with E-state index in [4.69, 9.17) is 16.0 Å². The number of rotatable bonds is 9. The first-order valence-corrected chi connectivity index (χ1v) is 9.65. The highest BCUT2D eigenvalue weighted by molar-refractivity contribution is 5.81. The molecule has 0 heterocycles. The Hall–Kier alpha value is -3.55. The number of amides is 1. The van der Waals surface area contributed by atoms with Gasteiger partial charge >= 0.3 is 12.1 Å². The smallest absolute Gasteiger partial charge is 0.407 e. The van der Waals surface area contributed by atoms with Crippen molar-refractivity contribution in [2.45, 2.75) is 37.4 Å². The number of carboxylic acids is 1. The van der Waals surface area contributed by atoms with Crippen LogP contribution in [0.4, 0.5) is 4.79 Å². The van der Waals surface area contributed by atoms with Gasteiger partial charge in [0, 0.05) is 10.8 Å². The lowest BCUT2D eigenvalue weighted by Gasteiger charge is -2.17. The van der Waals surface area contributed by atoms with Gasteiger partial charge in [0.05, 0.1) is 6.17 Å². The molecule has 2 aromatic carbocycles. The summed E-state index contributed by atoms with van der Waals surface area (Å²) in [5.74, 6) is -1.27. The van der Waals surface area contributed by atoms with Crippen LogP contribution in [0.3, 0.4) is 0 Å². The first-order valence-electron chi connectivity index (χ1n) is 9.65. The number of carbonyl (C=O) groups is 2. The molecule has 3 rings (SSSR count).